The zero-order valence-electron chi connectivity index (χ0n) is 8.94. The molecular weight excluding hydrogens is 266 g/mol. The summed E-state index contributed by atoms with van der Waals surface area (Å²) in [5.74, 6) is -0.824. The molecule has 0 saturated carbocycles. The molecule has 0 aromatic rings. The second-order valence-corrected chi connectivity index (χ2v) is 5.61. The second-order valence-electron chi connectivity index (χ2n) is 3.80. The van der Waals surface area contributed by atoms with E-state index in [2.05, 4.69) is 5.32 Å². The predicted molar refractivity (Wildman–Crippen MR) is 63.0 cm³/mol. The van der Waals surface area contributed by atoms with E-state index in [1.54, 1.807) is 0 Å². The van der Waals surface area contributed by atoms with E-state index in [0.717, 1.165) is 4.31 Å². The lowest BCUT2D eigenvalue weighted by Gasteiger charge is -2.27. The largest absolute Gasteiger partial charge is 0.369 e. The number of hydrogen-bond acceptors (Lipinski definition) is 3. The maximum Gasteiger partial charge on any atom is 0.333 e. The highest BCUT2D eigenvalue weighted by Crippen LogP contribution is 2.35. The fourth-order valence-corrected chi connectivity index (χ4v) is 3.68. The summed E-state index contributed by atoms with van der Waals surface area (Å²) in [7, 11) is -1.54. The lowest BCUT2D eigenvalue weighted by Crippen LogP contribution is -2.47. The van der Waals surface area contributed by atoms with Gasteiger partial charge in [0.1, 0.15) is 0 Å². The van der Waals surface area contributed by atoms with Gasteiger partial charge in [0.2, 0.25) is 5.91 Å². The Bertz CT molecular complexity index is 437. The number of alkyl halides is 1. The van der Waals surface area contributed by atoms with Gasteiger partial charge >= 0.3 is 6.03 Å². The van der Waals surface area contributed by atoms with Crippen molar-refractivity contribution in [2.45, 2.75) is 12.8 Å². The topological polar surface area (TPSA) is 92.5 Å². The molecule has 0 radical (unpaired) electrons. The molecule has 2 rings (SSSR count). The van der Waals surface area contributed by atoms with Crippen LogP contribution >= 0.6 is 11.6 Å². The van der Waals surface area contributed by atoms with E-state index in [0.29, 0.717) is 23.4 Å². The first-order valence-electron chi connectivity index (χ1n) is 5.15. The van der Waals surface area contributed by atoms with E-state index in [9.17, 15) is 13.8 Å². The lowest BCUT2D eigenvalue weighted by molar-refractivity contribution is -0.120. The Hall–Kier alpha value is -1.08. The van der Waals surface area contributed by atoms with Gasteiger partial charge in [0.15, 0.2) is 11.0 Å². The van der Waals surface area contributed by atoms with E-state index in [1.807, 2.05) is 0 Å². The van der Waals surface area contributed by atoms with Crippen LogP contribution in [0.2, 0.25) is 0 Å². The Morgan fingerprint density at radius 1 is 1.65 bits per heavy atom. The molecule has 0 fully saturated rings. The zero-order valence-corrected chi connectivity index (χ0v) is 10.5. The fourth-order valence-electron chi connectivity index (χ4n) is 2.02. The normalized spacial score (nSPS) is 28.1. The molecule has 2 unspecified atom stereocenters. The van der Waals surface area contributed by atoms with Gasteiger partial charge in [-0.2, -0.15) is 0 Å². The number of urea groups is 1. The van der Waals surface area contributed by atoms with E-state index >= 15 is 0 Å². The van der Waals surface area contributed by atoms with Crippen LogP contribution in [0.3, 0.4) is 0 Å². The van der Waals surface area contributed by atoms with Crippen molar-refractivity contribution in [1.29, 1.82) is 0 Å². The van der Waals surface area contributed by atoms with Crippen molar-refractivity contribution >= 4 is 34.5 Å². The summed E-state index contributed by atoms with van der Waals surface area (Å²) in [6.45, 7) is 0.206. The summed E-state index contributed by atoms with van der Waals surface area (Å²) in [6.07, 6.45) is 1.01. The van der Waals surface area contributed by atoms with Crippen molar-refractivity contribution in [3.63, 3.8) is 0 Å². The van der Waals surface area contributed by atoms with Crippen molar-refractivity contribution in [1.82, 2.24) is 9.62 Å². The third-order valence-electron chi connectivity index (χ3n) is 2.82. The second kappa shape index (κ2) is 4.66. The molecule has 6 nitrogen and oxygen atoms in total. The molecule has 2 atom stereocenters. The molecule has 94 valence electrons. The number of carbonyl (C=O) groups is 2. The van der Waals surface area contributed by atoms with Crippen LogP contribution in [0.4, 0.5) is 4.79 Å². The molecule has 0 aromatic carbocycles. The van der Waals surface area contributed by atoms with Crippen LogP contribution in [0.1, 0.15) is 12.8 Å². The SMILES string of the molecule is NC(=O)C1CCC2=C1NC(=O)N(CCCl)S2=O. The Labute approximate surface area is 106 Å². The highest BCUT2D eigenvalue weighted by atomic mass is 35.5. The minimum atomic E-state index is -1.54. The van der Waals surface area contributed by atoms with Gasteiger partial charge in [0.05, 0.1) is 17.4 Å². The first kappa shape index (κ1) is 12.4. The number of amides is 3. The average molecular weight is 278 g/mol. The molecule has 1 heterocycles. The van der Waals surface area contributed by atoms with Crippen LogP contribution in [-0.4, -0.2) is 32.9 Å². The van der Waals surface area contributed by atoms with Crippen LogP contribution < -0.4 is 11.1 Å². The molecule has 3 N–H and O–H groups in total. The number of carbonyl (C=O) groups excluding carboxylic acids is 2. The number of rotatable bonds is 3. The summed E-state index contributed by atoms with van der Waals surface area (Å²) in [6, 6.07) is -0.490. The number of halogens is 1. The fraction of sp³-hybridized carbons (Fsp3) is 0.556. The van der Waals surface area contributed by atoms with Crippen LogP contribution in [0, 0.1) is 5.92 Å². The zero-order chi connectivity index (χ0) is 12.6. The maximum atomic E-state index is 12.1. The van der Waals surface area contributed by atoms with Gasteiger partial charge in [-0.25, -0.2) is 13.3 Å². The van der Waals surface area contributed by atoms with E-state index < -0.39 is 28.8 Å². The number of nitrogens with two attached hydrogens (primary N) is 1. The van der Waals surface area contributed by atoms with Gasteiger partial charge in [0.25, 0.3) is 0 Å². The van der Waals surface area contributed by atoms with Crippen molar-refractivity contribution in [2.75, 3.05) is 12.4 Å². The Morgan fingerprint density at radius 2 is 2.35 bits per heavy atom. The number of allylic oxidation sites excluding steroid dienone is 1. The summed E-state index contributed by atoms with van der Waals surface area (Å²) < 4.78 is 13.2. The molecule has 8 heteroatoms. The maximum absolute atomic E-state index is 12.1. The lowest BCUT2D eigenvalue weighted by atomic mass is 10.1. The van der Waals surface area contributed by atoms with Crippen molar-refractivity contribution < 1.29 is 13.8 Å². The van der Waals surface area contributed by atoms with Crippen LogP contribution in [0.5, 0.6) is 0 Å². The third-order valence-corrected chi connectivity index (χ3v) is 4.58. The third kappa shape index (κ3) is 2.04. The molecular formula is C9H12ClN3O3S. The Balaban J connectivity index is 2.31. The van der Waals surface area contributed by atoms with E-state index in [4.69, 9.17) is 17.3 Å². The number of nitrogens with one attached hydrogen (secondary N) is 1. The molecule has 2 aliphatic rings. The molecule has 1 aliphatic heterocycles. The predicted octanol–water partition coefficient (Wildman–Crippen LogP) is 0.0210. The molecule has 0 spiro atoms. The van der Waals surface area contributed by atoms with Crippen LogP contribution in [-0.2, 0) is 15.8 Å². The van der Waals surface area contributed by atoms with Gasteiger partial charge in [-0.3, -0.25) is 4.79 Å². The van der Waals surface area contributed by atoms with Crippen molar-refractivity contribution in [2.24, 2.45) is 11.7 Å². The first-order chi connectivity index (χ1) is 8.06. The molecule has 0 aromatic heterocycles. The molecule has 0 saturated heterocycles. The Morgan fingerprint density at radius 3 is 2.94 bits per heavy atom. The van der Waals surface area contributed by atoms with Gasteiger partial charge in [-0.15, -0.1) is 11.6 Å². The summed E-state index contributed by atoms with van der Waals surface area (Å²) in [4.78, 5) is 23.4. The van der Waals surface area contributed by atoms with Crippen molar-refractivity contribution in [3.05, 3.63) is 10.6 Å². The van der Waals surface area contributed by atoms with Crippen LogP contribution in [0.25, 0.3) is 0 Å². The van der Waals surface area contributed by atoms with Gasteiger partial charge in [0, 0.05) is 11.6 Å². The van der Waals surface area contributed by atoms with Gasteiger partial charge in [-0.05, 0) is 12.8 Å². The number of nitrogens with zero attached hydrogens (tertiary/aromatic N) is 1. The van der Waals surface area contributed by atoms with Gasteiger partial charge in [-0.1, -0.05) is 0 Å². The molecule has 3 amide bonds. The highest BCUT2D eigenvalue weighted by molar-refractivity contribution is 7.87. The molecule has 17 heavy (non-hydrogen) atoms. The van der Waals surface area contributed by atoms with Crippen molar-refractivity contribution in [3.8, 4) is 0 Å². The molecule has 1 aliphatic carbocycles. The minimum absolute atomic E-state index is 0.206. The number of primary amides is 1. The monoisotopic (exact) mass is 277 g/mol. The average Bonchev–Trinajstić information content (AvgIpc) is 2.68. The van der Waals surface area contributed by atoms with Crippen LogP contribution in [0.15, 0.2) is 10.6 Å². The molecule has 0 bridgehead atoms. The van der Waals surface area contributed by atoms with E-state index in [1.165, 1.54) is 0 Å². The number of hydrogen-bond donors (Lipinski definition) is 2. The quantitative estimate of drug-likeness (QED) is 0.712. The minimum Gasteiger partial charge on any atom is -0.369 e. The summed E-state index contributed by atoms with van der Waals surface area (Å²) in [5, 5.41) is 2.59. The standard InChI is InChI=1S/C9H12ClN3O3S/c10-3-4-13-9(15)12-7-5(8(11)14)1-2-6(7)17(13)16/h5H,1-4H2,(H2,11,14)(H,12,15). The van der Waals surface area contributed by atoms with Gasteiger partial charge < -0.3 is 11.1 Å². The van der Waals surface area contributed by atoms with E-state index in [-0.39, 0.29) is 12.4 Å². The highest BCUT2D eigenvalue weighted by Gasteiger charge is 2.40. The summed E-state index contributed by atoms with van der Waals surface area (Å²) in [5.41, 5.74) is 5.65. The Kier molecular flexibility index (Phi) is 3.39. The first-order valence-corrected chi connectivity index (χ1v) is 6.79. The smallest absolute Gasteiger partial charge is 0.333 e. The summed E-state index contributed by atoms with van der Waals surface area (Å²) >= 11 is 5.54.